The molecule has 0 spiro atoms. The summed E-state index contributed by atoms with van der Waals surface area (Å²) in [4.78, 5) is 8.19. The lowest BCUT2D eigenvalue weighted by molar-refractivity contribution is -0.137. The van der Waals surface area contributed by atoms with Gasteiger partial charge >= 0.3 is 6.18 Å². The van der Waals surface area contributed by atoms with E-state index >= 15 is 0 Å². The highest BCUT2D eigenvalue weighted by Crippen LogP contribution is 2.32. The number of nitrogens with one attached hydrogen (secondary N) is 1. The van der Waals surface area contributed by atoms with Gasteiger partial charge in [0.15, 0.2) is 11.6 Å². The number of rotatable bonds is 6. The molecule has 4 rings (SSSR count). The van der Waals surface area contributed by atoms with E-state index < -0.39 is 17.6 Å². The highest BCUT2D eigenvalue weighted by Gasteiger charge is 2.30. The molecule has 5 nitrogen and oxygen atoms in total. The van der Waals surface area contributed by atoms with Gasteiger partial charge < -0.3 is 15.8 Å². The normalized spacial score (nSPS) is 11.3. The van der Waals surface area contributed by atoms with Gasteiger partial charge in [-0.1, -0.05) is 42.5 Å². The molecule has 0 aliphatic carbocycles. The number of benzene rings is 3. The van der Waals surface area contributed by atoms with Gasteiger partial charge in [0.05, 0.1) is 23.1 Å². The third-order valence-electron chi connectivity index (χ3n) is 4.71. The Hall–Kier alpha value is -4.14. The van der Waals surface area contributed by atoms with E-state index in [1.165, 1.54) is 30.5 Å². The number of nitrogens with two attached hydrogens (primary N) is 1. The molecule has 1 aromatic heterocycles. The highest BCUT2D eigenvalue weighted by molar-refractivity contribution is 5.71. The molecule has 0 bridgehead atoms. The van der Waals surface area contributed by atoms with Crippen LogP contribution in [0.5, 0.6) is 5.75 Å². The SMILES string of the molecule is Nc1cnc(-c2cccc(C(F)(F)F)c2)nc1Nc1ccc(OCc2ccccc2)cc1F. The van der Waals surface area contributed by atoms with E-state index in [9.17, 15) is 17.6 Å². The highest BCUT2D eigenvalue weighted by atomic mass is 19.4. The Morgan fingerprint density at radius 1 is 0.939 bits per heavy atom. The standard InChI is InChI=1S/C24H18F4N4O/c25-19-12-18(33-14-15-5-2-1-3-6-15)9-10-21(19)31-23-20(29)13-30-22(32-23)16-7-4-8-17(11-16)24(26,27)28/h1-13H,14,29H2,(H,30,31,32). The predicted molar refractivity (Wildman–Crippen MR) is 117 cm³/mol. The van der Waals surface area contributed by atoms with Gasteiger partial charge in [-0.15, -0.1) is 0 Å². The van der Waals surface area contributed by atoms with Gasteiger partial charge in [0.2, 0.25) is 0 Å². The summed E-state index contributed by atoms with van der Waals surface area (Å²) in [6, 6.07) is 18.3. The molecule has 0 fully saturated rings. The largest absolute Gasteiger partial charge is 0.489 e. The third kappa shape index (κ3) is 5.38. The average Bonchev–Trinajstić information content (AvgIpc) is 2.81. The summed E-state index contributed by atoms with van der Waals surface area (Å²) in [7, 11) is 0. The molecule has 168 valence electrons. The molecule has 9 heteroatoms. The summed E-state index contributed by atoms with van der Waals surface area (Å²) < 4.78 is 59.3. The van der Waals surface area contributed by atoms with Gasteiger partial charge in [0, 0.05) is 11.6 Å². The molecule has 3 aromatic carbocycles. The number of ether oxygens (including phenoxy) is 1. The van der Waals surface area contributed by atoms with Gasteiger partial charge in [-0.25, -0.2) is 14.4 Å². The Kier molecular flexibility index (Phi) is 6.12. The maximum Gasteiger partial charge on any atom is 0.416 e. The van der Waals surface area contributed by atoms with Gasteiger partial charge in [-0.05, 0) is 29.8 Å². The molecule has 0 saturated carbocycles. The molecule has 0 radical (unpaired) electrons. The number of aromatic nitrogens is 2. The Balaban J connectivity index is 1.53. The van der Waals surface area contributed by atoms with Crippen LogP contribution >= 0.6 is 0 Å². The van der Waals surface area contributed by atoms with Crippen molar-refractivity contribution in [3.05, 3.63) is 95.9 Å². The molecule has 1 heterocycles. The summed E-state index contributed by atoms with van der Waals surface area (Å²) in [5, 5.41) is 2.77. The number of hydrogen-bond acceptors (Lipinski definition) is 5. The minimum atomic E-state index is -4.50. The first kappa shape index (κ1) is 22.1. The summed E-state index contributed by atoms with van der Waals surface area (Å²) in [6.07, 6.45) is -3.25. The number of hydrogen-bond donors (Lipinski definition) is 2. The van der Waals surface area contributed by atoms with Gasteiger partial charge in [-0.2, -0.15) is 13.2 Å². The fourth-order valence-corrected chi connectivity index (χ4v) is 3.02. The molecule has 4 aromatic rings. The van der Waals surface area contributed by atoms with Crippen LogP contribution in [-0.2, 0) is 12.8 Å². The van der Waals surface area contributed by atoms with Gasteiger partial charge in [0.1, 0.15) is 18.2 Å². The molecular weight excluding hydrogens is 436 g/mol. The van der Waals surface area contributed by atoms with Crippen molar-refractivity contribution < 1.29 is 22.3 Å². The zero-order valence-electron chi connectivity index (χ0n) is 17.1. The molecule has 0 amide bonds. The topological polar surface area (TPSA) is 73.1 Å². The van der Waals surface area contributed by atoms with Crippen LogP contribution < -0.4 is 15.8 Å². The second kappa shape index (κ2) is 9.15. The predicted octanol–water partition coefficient (Wildman–Crippen LogP) is 6.21. The number of nitrogen functional groups attached to an aromatic ring is 1. The van der Waals surface area contributed by atoms with Gasteiger partial charge in [0.25, 0.3) is 0 Å². The van der Waals surface area contributed by atoms with Crippen molar-refractivity contribution in [2.24, 2.45) is 0 Å². The van der Waals surface area contributed by atoms with Crippen molar-refractivity contribution in [2.45, 2.75) is 12.8 Å². The zero-order valence-corrected chi connectivity index (χ0v) is 17.1. The molecule has 0 unspecified atom stereocenters. The Labute approximate surface area is 186 Å². The first-order valence-corrected chi connectivity index (χ1v) is 9.83. The maximum absolute atomic E-state index is 14.6. The zero-order chi connectivity index (χ0) is 23.4. The van der Waals surface area contributed by atoms with Crippen molar-refractivity contribution >= 4 is 17.2 Å². The van der Waals surface area contributed by atoms with Gasteiger partial charge in [-0.3, -0.25) is 0 Å². The van der Waals surface area contributed by atoms with Crippen LogP contribution in [0.4, 0.5) is 34.8 Å². The van der Waals surface area contributed by atoms with Crippen LogP contribution in [-0.4, -0.2) is 9.97 Å². The summed E-state index contributed by atoms with van der Waals surface area (Å²) in [6.45, 7) is 0.284. The lowest BCUT2D eigenvalue weighted by Gasteiger charge is -2.13. The van der Waals surface area contributed by atoms with Crippen molar-refractivity contribution in [1.29, 1.82) is 0 Å². The second-order valence-corrected chi connectivity index (χ2v) is 7.12. The van der Waals surface area contributed by atoms with Crippen LogP contribution in [0.15, 0.2) is 79.0 Å². The molecule has 0 aliphatic heterocycles. The Bertz CT molecular complexity index is 1260. The van der Waals surface area contributed by atoms with E-state index in [2.05, 4.69) is 15.3 Å². The third-order valence-corrected chi connectivity index (χ3v) is 4.71. The van der Waals surface area contributed by atoms with Crippen molar-refractivity contribution in [3.8, 4) is 17.1 Å². The van der Waals surface area contributed by atoms with E-state index in [1.807, 2.05) is 30.3 Å². The maximum atomic E-state index is 14.6. The van der Waals surface area contributed by atoms with E-state index in [-0.39, 0.29) is 35.2 Å². The molecule has 3 N–H and O–H groups in total. The summed E-state index contributed by atoms with van der Waals surface area (Å²) >= 11 is 0. The number of halogens is 4. The number of nitrogens with zero attached hydrogens (tertiary/aromatic N) is 2. The first-order valence-electron chi connectivity index (χ1n) is 9.83. The summed E-state index contributed by atoms with van der Waals surface area (Å²) in [5.41, 5.74) is 6.33. The van der Waals surface area contributed by atoms with E-state index in [1.54, 1.807) is 6.07 Å². The first-order chi connectivity index (χ1) is 15.8. The molecule has 0 atom stereocenters. The Morgan fingerprint density at radius 2 is 1.73 bits per heavy atom. The molecule has 0 aliphatic rings. The van der Waals surface area contributed by atoms with Crippen LogP contribution in [0.1, 0.15) is 11.1 Å². The fraction of sp³-hybridized carbons (Fsp3) is 0.0833. The fourth-order valence-electron chi connectivity index (χ4n) is 3.02. The Morgan fingerprint density at radius 3 is 2.45 bits per heavy atom. The van der Waals surface area contributed by atoms with E-state index in [0.29, 0.717) is 5.75 Å². The minimum Gasteiger partial charge on any atom is -0.489 e. The van der Waals surface area contributed by atoms with Crippen LogP contribution in [0.2, 0.25) is 0 Å². The second-order valence-electron chi connectivity index (χ2n) is 7.12. The number of anilines is 3. The minimum absolute atomic E-state index is 0.0148. The quantitative estimate of drug-likeness (QED) is 0.339. The average molecular weight is 454 g/mol. The monoisotopic (exact) mass is 454 g/mol. The van der Waals surface area contributed by atoms with Crippen LogP contribution in [0.3, 0.4) is 0 Å². The van der Waals surface area contributed by atoms with Crippen LogP contribution in [0.25, 0.3) is 11.4 Å². The smallest absolute Gasteiger partial charge is 0.416 e. The van der Waals surface area contributed by atoms with E-state index in [4.69, 9.17) is 10.5 Å². The van der Waals surface area contributed by atoms with Crippen molar-refractivity contribution in [2.75, 3.05) is 11.1 Å². The van der Waals surface area contributed by atoms with Crippen LogP contribution in [0, 0.1) is 5.82 Å². The van der Waals surface area contributed by atoms with E-state index in [0.717, 1.165) is 17.7 Å². The molecule has 33 heavy (non-hydrogen) atoms. The van der Waals surface area contributed by atoms with Crippen molar-refractivity contribution in [3.63, 3.8) is 0 Å². The molecule has 0 saturated heterocycles. The summed E-state index contributed by atoms with van der Waals surface area (Å²) in [5.74, 6) is -0.198. The number of alkyl halides is 3. The molecular formula is C24H18F4N4O. The lowest BCUT2D eigenvalue weighted by atomic mass is 10.1. The van der Waals surface area contributed by atoms with Crippen molar-refractivity contribution in [1.82, 2.24) is 9.97 Å². The lowest BCUT2D eigenvalue weighted by Crippen LogP contribution is -2.06.